The summed E-state index contributed by atoms with van der Waals surface area (Å²) in [6, 6.07) is 11.8. The van der Waals surface area contributed by atoms with Crippen LogP contribution in [0.5, 0.6) is 0 Å². The van der Waals surface area contributed by atoms with Crippen molar-refractivity contribution in [2.24, 2.45) is 7.05 Å². The second kappa shape index (κ2) is 9.61. The molecule has 182 valence electrons. The van der Waals surface area contributed by atoms with E-state index in [0.717, 1.165) is 35.1 Å². The van der Waals surface area contributed by atoms with E-state index in [9.17, 15) is 14.0 Å². The molecule has 5 rings (SSSR count). The molecule has 0 fully saturated rings. The monoisotopic (exact) mass is 486 g/mol. The average molecular weight is 487 g/mol. The lowest BCUT2D eigenvalue weighted by Gasteiger charge is -2.14. The number of aromatic nitrogens is 6. The lowest BCUT2D eigenvalue weighted by atomic mass is 10.0. The molecule has 0 unspecified atom stereocenters. The van der Waals surface area contributed by atoms with Crippen molar-refractivity contribution in [2.45, 2.75) is 32.4 Å². The minimum atomic E-state index is -0.453. The molecule has 10 nitrogen and oxygen atoms in total. The van der Waals surface area contributed by atoms with Crippen molar-refractivity contribution in [1.29, 1.82) is 0 Å². The number of nitrogens with one attached hydrogen (secondary N) is 2. The standard InChI is InChI=1S/C25H23FN8O2/c1-14-9-15(3-7-19(14)26)12-27-24(35)21-11-22(29-13-28-21)25(36)30-20-8-5-16-10-17(4-6-18(16)20)23-31-32-33-34(23)2/h3-4,6-7,9-11,13,20H,5,8,12H2,1-2H3,(H,27,35)(H,30,36)/t20-/m0/s1. The van der Waals surface area contributed by atoms with E-state index in [1.165, 1.54) is 18.5 Å². The largest absolute Gasteiger partial charge is 0.347 e. The van der Waals surface area contributed by atoms with Gasteiger partial charge in [0, 0.05) is 25.2 Å². The number of amides is 2. The van der Waals surface area contributed by atoms with Crippen LogP contribution < -0.4 is 10.6 Å². The van der Waals surface area contributed by atoms with Gasteiger partial charge in [0.05, 0.1) is 6.04 Å². The van der Waals surface area contributed by atoms with Gasteiger partial charge in [-0.2, -0.15) is 0 Å². The van der Waals surface area contributed by atoms with Crippen molar-refractivity contribution >= 4 is 11.8 Å². The highest BCUT2D eigenvalue weighted by atomic mass is 19.1. The highest BCUT2D eigenvalue weighted by Gasteiger charge is 2.26. The van der Waals surface area contributed by atoms with Crippen LogP contribution in [-0.4, -0.2) is 42.0 Å². The van der Waals surface area contributed by atoms with E-state index < -0.39 is 5.91 Å². The van der Waals surface area contributed by atoms with Gasteiger partial charge in [0.1, 0.15) is 23.5 Å². The minimum Gasteiger partial charge on any atom is -0.347 e. The molecule has 0 aliphatic heterocycles. The summed E-state index contributed by atoms with van der Waals surface area (Å²) in [6.07, 6.45) is 2.74. The fourth-order valence-electron chi connectivity index (χ4n) is 4.31. The van der Waals surface area contributed by atoms with E-state index >= 15 is 0 Å². The maximum atomic E-state index is 13.5. The van der Waals surface area contributed by atoms with Crippen molar-refractivity contribution in [3.63, 3.8) is 0 Å². The van der Waals surface area contributed by atoms with Gasteiger partial charge >= 0.3 is 0 Å². The van der Waals surface area contributed by atoms with Gasteiger partial charge in [-0.1, -0.05) is 24.3 Å². The number of aryl methyl sites for hydroxylation is 3. The zero-order valence-corrected chi connectivity index (χ0v) is 19.7. The highest BCUT2D eigenvalue weighted by molar-refractivity contribution is 5.97. The Balaban J connectivity index is 1.25. The van der Waals surface area contributed by atoms with Gasteiger partial charge in [-0.15, -0.1) is 5.10 Å². The number of hydrogen-bond donors (Lipinski definition) is 2. The number of fused-ring (bicyclic) bond motifs is 1. The minimum absolute atomic E-state index is 0.0720. The van der Waals surface area contributed by atoms with Crippen LogP contribution in [0.1, 0.15) is 55.7 Å². The number of carbonyl (C=O) groups is 2. The Morgan fingerprint density at radius 1 is 1.08 bits per heavy atom. The molecular weight excluding hydrogens is 463 g/mol. The van der Waals surface area contributed by atoms with E-state index in [1.54, 1.807) is 30.8 Å². The molecule has 36 heavy (non-hydrogen) atoms. The number of hydrogen-bond acceptors (Lipinski definition) is 7. The molecule has 4 aromatic rings. The predicted octanol–water partition coefficient (Wildman–Crippen LogP) is 2.46. The summed E-state index contributed by atoms with van der Waals surface area (Å²) < 4.78 is 15.1. The first-order chi connectivity index (χ1) is 17.4. The van der Waals surface area contributed by atoms with Crippen molar-refractivity contribution in [1.82, 2.24) is 40.8 Å². The molecule has 1 atom stereocenters. The third-order valence-electron chi connectivity index (χ3n) is 6.21. The van der Waals surface area contributed by atoms with Gasteiger partial charge in [0.25, 0.3) is 11.8 Å². The molecule has 0 spiro atoms. The number of nitrogens with zero attached hydrogens (tertiary/aromatic N) is 6. The summed E-state index contributed by atoms with van der Waals surface area (Å²) in [4.78, 5) is 33.6. The third-order valence-corrected chi connectivity index (χ3v) is 6.21. The van der Waals surface area contributed by atoms with Gasteiger partial charge in [0.2, 0.25) is 0 Å². The quantitative estimate of drug-likeness (QED) is 0.429. The number of halogens is 1. The summed E-state index contributed by atoms with van der Waals surface area (Å²) in [5, 5.41) is 17.4. The molecule has 2 heterocycles. The highest BCUT2D eigenvalue weighted by Crippen LogP contribution is 2.33. The van der Waals surface area contributed by atoms with Crippen molar-refractivity contribution in [2.75, 3.05) is 0 Å². The zero-order chi connectivity index (χ0) is 25.2. The average Bonchev–Trinajstić information content (AvgIpc) is 3.50. The second-order valence-electron chi connectivity index (χ2n) is 8.66. The van der Waals surface area contributed by atoms with Crippen LogP contribution in [0.3, 0.4) is 0 Å². The summed E-state index contributed by atoms with van der Waals surface area (Å²) >= 11 is 0. The lowest BCUT2D eigenvalue weighted by molar-refractivity contribution is 0.0931. The first kappa shape index (κ1) is 23.2. The Bertz CT molecular complexity index is 1470. The molecule has 11 heteroatoms. The number of rotatable bonds is 6. The topological polar surface area (TPSA) is 128 Å². The Hall–Kier alpha value is -4.54. The van der Waals surface area contributed by atoms with Crippen LogP contribution in [0.15, 0.2) is 48.8 Å². The van der Waals surface area contributed by atoms with Crippen LogP contribution in [0.4, 0.5) is 4.39 Å². The van der Waals surface area contributed by atoms with Gasteiger partial charge in [-0.05, 0) is 64.6 Å². The molecular formula is C25H23FN8O2. The Kier molecular flexibility index (Phi) is 6.19. The molecule has 0 radical (unpaired) electrons. The van der Waals surface area contributed by atoms with Crippen molar-refractivity contribution < 1.29 is 14.0 Å². The van der Waals surface area contributed by atoms with E-state index in [-0.39, 0.29) is 35.7 Å². The van der Waals surface area contributed by atoms with E-state index in [0.29, 0.717) is 11.4 Å². The Morgan fingerprint density at radius 2 is 1.89 bits per heavy atom. The molecule has 1 aliphatic rings. The van der Waals surface area contributed by atoms with Crippen LogP contribution in [0, 0.1) is 12.7 Å². The van der Waals surface area contributed by atoms with Crippen molar-refractivity contribution in [3.8, 4) is 11.4 Å². The Labute approximate surface area is 206 Å². The molecule has 2 aromatic heterocycles. The fourth-order valence-corrected chi connectivity index (χ4v) is 4.31. The smallest absolute Gasteiger partial charge is 0.270 e. The second-order valence-corrected chi connectivity index (χ2v) is 8.66. The summed E-state index contributed by atoms with van der Waals surface area (Å²) in [7, 11) is 1.78. The normalized spacial score (nSPS) is 14.4. The van der Waals surface area contributed by atoms with Crippen LogP contribution in [0.2, 0.25) is 0 Å². The van der Waals surface area contributed by atoms with Crippen molar-refractivity contribution in [3.05, 3.63) is 88.3 Å². The SMILES string of the molecule is Cc1cc(CNC(=O)c2cc(C(=O)N[C@H]3CCc4cc(-c5nnnn5C)ccc43)ncn2)ccc1F. The maximum Gasteiger partial charge on any atom is 0.270 e. The predicted molar refractivity (Wildman–Crippen MR) is 127 cm³/mol. The first-order valence-corrected chi connectivity index (χ1v) is 11.4. The summed E-state index contributed by atoms with van der Waals surface area (Å²) in [5.74, 6) is -0.471. The summed E-state index contributed by atoms with van der Waals surface area (Å²) in [5.41, 5.74) is 4.50. The molecule has 0 saturated carbocycles. The fraction of sp³-hybridized carbons (Fsp3) is 0.240. The molecule has 1 aliphatic carbocycles. The van der Waals surface area contributed by atoms with Gasteiger partial charge in [-0.3, -0.25) is 9.59 Å². The van der Waals surface area contributed by atoms with Crippen LogP contribution >= 0.6 is 0 Å². The third kappa shape index (κ3) is 4.67. The first-order valence-electron chi connectivity index (χ1n) is 11.4. The summed E-state index contributed by atoms with van der Waals surface area (Å²) in [6.45, 7) is 1.86. The number of tetrazole rings is 1. The molecule has 0 bridgehead atoms. The van der Waals surface area contributed by atoms with Crippen LogP contribution in [-0.2, 0) is 20.0 Å². The molecule has 0 saturated heterocycles. The molecule has 2 amide bonds. The Morgan fingerprint density at radius 3 is 2.64 bits per heavy atom. The number of carbonyl (C=O) groups excluding carboxylic acids is 2. The van der Waals surface area contributed by atoms with Gasteiger partial charge in [0.15, 0.2) is 5.82 Å². The van der Waals surface area contributed by atoms with Gasteiger partial charge in [-0.25, -0.2) is 19.0 Å². The molecule has 2 aromatic carbocycles. The number of benzene rings is 2. The zero-order valence-electron chi connectivity index (χ0n) is 19.7. The van der Waals surface area contributed by atoms with Gasteiger partial charge < -0.3 is 10.6 Å². The molecule has 2 N–H and O–H groups in total. The maximum absolute atomic E-state index is 13.5. The lowest BCUT2D eigenvalue weighted by Crippen LogP contribution is -2.29. The van der Waals surface area contributed by atoms with E-state index in [4.69, 9.17) is 0 Å². The van der Waals surface area contributed by atoms with E-state index in [2.05, 4.69) is 36.1 Å². The van der Waals surface area contributed by atoms with E-state index in [1.807, 2.05) is 18.2 Å². The van der Waals surface area contributed by atoms with Crippen LogP contribution in [0.25, 0.3) is 11.4 Å².